The van der Waals surface area contributed by atoms with Crippen molar-refractivity contribution in [2.24, 2.45) is 0 Å². The zero-order valence-corrected chi connectivity index (χ0v) is 17.2. The summed E-state index contributed by atoms with van der Waals surface area (Å²) in [5.41, 5.74) is 1.31. The Morgan fingerprint density at radius 1 is 1.32 bits per heavy atom. The molecule has 1 aromatic heterocycles. The van der Waals surface area contributed by atoms with E-state index in [1.54, 1.807) is 25.1 Å². The Kier molecular flexibility index (Phi) is 7.31. The molecule has 5 nitrogen and oxygen atoms in total. The number of carbonyl (C=O) groups excluding carboxylic acids is 1. The maximum atomic E-state index is 11.7. The summed E-state index contributed by atoms with van der Waals surface area (Å²) in [6.45, 7) is 1.67. The van der Waals surface area contributed by atoms with Gasteiger partial charge in [0.2, 0.25) is 3.79 Å². The summed E-state index contributed by atoms with van der Waals surface area (Å²) in [6, 6.07) is 5.11. The average molecular weight is 465 g/mol. The number of benzene rings is 1. The van der Waals surface area contributed by atoms with Crippen molar-refractivity contribution in [1.82, 2.24) is 4.98 Å². The van der Waals surface area contributed by atoms with Gasteiger partial charge in [-0.2, -0.15) is 0 Å². The molecule has 136 valence electrons. The molecule has 0 unspecified atom stereocenters. The molecule has 0 bridgehead atoms. The van der Waals surface area contributed by atoms with E-state index in [0.717, 1.165) is 5.56 Å². The minimum atomic E-state index is -1.66. The third-order valence-electron chi connectivity index (χ3n) is 2.76. The molecule has 25 heavy (non-hydrogen) atoms. The van der Waals surface area contributed by atoms with Crippen LogP contribution in [0.2, 0.25) is 9.49 Å². The van der Waals surface area contributed by atoms with Gasteiger partial charge in [0.25, 0.3) is 0 Å². The number of thiazole rings is 1. The highest BCUT2D eigenvalue weighted by atomic mass is 35.6. The maximum absolute atomic E-state index is 11.7. The van der Waals surface area contributed by atoms with E-state index in [1.165, 1.54) is 11.3 Å². The fourth-order valence-electron chi connectivity index (χ4n) is 1.69. The summed E-state index contributed by atoms with van der Waals surface area (Å²) in [4.78, 5) is 15.7. The molecule has 0 saturated heterocycles. The molecule has 0 spiro atoms. The first-order valence-electron chi connectivity index (χ1n) is 6.69. The van der Waals surface area contributed by atoms with Gasteiger partial charge in [0.05, 0.1) is 0 Å². The highest BCUT2D eigenvalue weighted by molar-refractivity contribution is 7.16. The van der Waals surface area contributed by atoms with E-state index in [1.807, 2.05) is 0 Å². The summed E-state index contributed by atoms with van der Waals surface area (Å²) >= 11 is 29.4. The van der Waals surface area contributed by atoms with Crippen LogP contribution in [0.15, 0.2) is 18.2 Å². The SMILES string of the molecule is Cc1cc(OCc2nc(Cl)c(Cl)s2)ccc1NC(=O)OCC(Cl)(Cl)Cl. The van der Waals surface area contributed by atoms with E-state index < -0.39 is 9.89 Å². The number of alkyl halides is 3. The number of amides is 1. The lowest BCUT2D eigenvalue weighted by molar-refractivity contribution is 0.164. The van der Waals surface area contributed by atoms with E-state index in [2.05, 4.69) is 10.3 Å². The number of hydrogen-bond acceptors (Lipinski definition) is 5. The third-order valence-corrected chi connectivity index (χ3v) is 4.79. The van der Waals surface area contributed by atoms with Crippen molar-refractivity contribution in [3.63, 3.8) is 0 Å². The minimum absolute atomic E-state index is 0.231. The number of hydrogen-bond donors (Lipinski definition) is 1. The Labute approximate surface area is 173 Å². The van der Waals surface area contributed by atoms with Gasteiger partial charge < -0.3 is 9.47 Å². The van der Waals surface area contributed by atoms with Crippen LogP contribution in [-0.2, 0) is 11.3 Å². The van der Waals surface area contributed by atoms with Gasteiger partial charge in [0, 0.05) is 5.69 Å². The highest BCUT2D eigenvalue weighted by Gasteiger charge is 2.22. The van der Waals surface area contributed by atoms with Crippen molar-refractivity contribution in [3.05, 3.63) is 38.3 Å². The first-order chi connectivity index (χ1) is 11.6. The van der Waals surface area contributed by atoms with Crippen LogP contribution in [0.4, 0.5) is 10.5 Å². The number of ether oxygens (including phenoxy) is 2. The smallest absolute Gasteiger partial charge is 0.411 e. The Morgan fingerprint density at radius 3 is 2.60 bits per heavy atom. The second-order valence-electron chi connectivity index (χ2n) is 4.75. The van der Waals surface area contributed by atoms with Gasteiger partial charge in [-0.1, -0.05) is 58.0 Å². The number of aromatic nitrogens is 1. The second kappa shape index (κ2) is 8.84. The number of aryl methyl sites for hydroxylation is 1. The van der Waals surface area contributed by atoms with Crippen LogP contribution in [0.5, 0.6) is 5.75 Å². The number of halogens is 5. The molecule has 1 amide bonds. The normalized spacial score (nSPS) is 11.3. The molecule has 1 aromatic carbocycles. The van der Waals surface area contributed by atoms with E-state index in [0.29, 0.717) is 20.8 Å². The predicted octanol–water partition coefficient (Wildman–Crippen LogP) is 6.26. The number of anilines is 1. The summed E-state index contributed by atoms with van der Waals surface area (Å²) in [6.07, 6.45) is -0.727. The van der Waals surface area contributed by atoms with Crippen LogP contribution in [-0.4, -0.2) is 21.5 Å². The molecule has 0 aliphatic carbocycles. The summed E-state index contributed by atoms with van der Waals surface area (Å²) in [7, 11) is 0. The molecule has 0 saturated carbocycles. The van der Waals surface area contributed by atoms with Crippen LogP contribution >= 0.6 is 69.3 Å². The Balaban J connectivity index is 1.92. The quantitative estimate of drug-likeness (QED) is 0.531. The summed E-state index contributed by atoms with van der Waals surface area (Å²) in [5, 5.41) is 3.47. The largest absolute Gasteiger partial charge is 0.486 e. The van der Waals surface area contributed by atoms with Gasteiger partial charge >= 0.3 is 6.09 Å². The number of nitrogens with one attached hydrogen (secondary N) is 1. The van der Waals surface area contributed by atoms with Crippen LogP contribution in [0.25, 0.3) is 0 Å². The lowest BCUT2D eigenvalue weighted by Crippen LogP contribution is -2.21. The molecule has 0 radical (unpaired) electrons. The van der Waals surface area contributed by atoms with Gasteiger partial charge in [-0.05, 0) is 30.7 Å². The zero-order chi connectivity index (χ0) is 18.6. The van der Waals surface area contributed by atoms with Crippen LogP contribution in [0, 0.1) is 6.92 Å². The predicted molar refractivity (Wildman–Crippen MR) is 103 cm³/mol. The summed E-state index contributed by atoms with van der Waals surface area (Å²) < 4.78 is 9.19. The Morgan fingerprint density at radius 2 is 2.04 bits per heavy atom. The molecule has 2 rings (SSSR count). The van der Waals surface area contributed by atoms with Crippen molar-refractivity contribution < 1.29 is 14.3 Å². The highest BCUT2D eigenvalue weighted by Crippen LogP contribution is 2.29. The van der Waals surface area contributed by atoms with Crippen LogP contribution in [0.3, 0.4) is 0 Å². The van der Waals surface area contributed by atoms with Crippen molar-refractivity contribution in [2.45, 2.75) is 17.3 Å². The molecule has 11 heteroatoms. The molecule has 1 heterocycles. The second-order valence-corrected chi connectivity index (χ2v) is 9.31. The fraction of sp³-hybridized carbons (Fsp3) is 0.286. The van der Waals surface area contributed by atoms with E-state index in [9.17, 15) is 4.79 Å². The van der Waals surface area contributed by atoms with Gasteiger partial charge in [-0.15, -0.1) is 11.3 Å². The van der Waals surface area contributed by atoms with Gasteiger partial charge in [-0.3, -0.25) is 5.32 Å². The van der Waals surface area contributed by atoms with E-state index >= 15 is 0 Å². The molecule has 0 fully saturated rings. The fourth-order valence-corrected chi connectivity index (χ4v) is 3.02. The summed E-state index contributed by atoms with van der Waals surface area (Å²) in [5.74, 6) is 0.597. The van der Waals surface area contributed by atoms with Gasteiger partial charge in [0.15, 0.2) is 5.15 Å². The Hall–Kier alpha value is -0.630. The van der Waals surface area contributed by atoms with Gasteiger partial charge in [-0.25, -0.2) is 9.78 Å². The van der Waals surface area contributed by atoms with E-state index in [4.69, 9.17) is 67.5 Å². The first kappa shape index (κ1) is 20.7. The lowest BCUT2D eigenvalue weighted by atomic mass is 10.2. The topological polar surface area (TPSA) is 60.5 Å². The van der Waals surface area contributed by atoms with Crippen molar-refractivity contribution in [1.29, 1.82) is 0 Å². The van der Waals surface area contributed by atoms with Gasteiger partial charge in [0.1, 0.15) is 28.3 Å². The molecule has 0 aliphatic heterocycles. The average Bonchev–Trinajstić information content (AvgIpc) is 2.83. The standard InChI is InChI=1S/C14H11Cl5N2O3S/c1-7-4-8(23-5-10-21-11(15)12(16)25-10)2-3-9(7)20-13(22)24-6-14(17,18)19/h2-4H,5-6H2,1H3,(H,20,22). The molecule has 0 atom stereocenters. The molecule has 1 N–H and O–H groups in total. The number of carbonyl (C=O) groups is 1. The van der Waals surface area contributed by atoms with Crippen molar-refractivity contribution in [2.75, 3.05) is 11.9 Å². The number of rotatable bonds is 5. The molecular weight excluding hydrogens is 453 g/mol. The Bertz CT molecular complexity index is 744. The molecule has 0 aliphatic rings. The lowest BCUT2D eigenvalue weighted by Gasteiger charge is -2.13. The van der Waals surface area contributed by atoms with Crippen molar-refractivity contribution >= 4 is 81.1 Å². The number of nitrogens with zero attached hydrogens (tertiary/aromatic N) is 1. The third kappa shape index (κ3) is 6.89. The van der Waals surface area contributed by atoms with Crippen molar-refractivity contribution in [3.8, 4) is 5.75 Å². The molecule has 2 aromatic rings. The maximum Gasteiger partial charge on any atom is 0.411 e. The first-order valence-corrected chi connectivity index (χ1v) is 9.39. The minimum Gasteiger partial charge on any atom is -0.486 e. The van der Waals surface area contributed by atoms with E-state index in [-0.39, 0.29) is 18.4 Å². The van der Waals surface area contributed by atoms with Crippen LogP contribution < -0.4 is 10.1 Å². The molecular formula is C14H11Cl5N2O3S. The van der Waals surface area contributed by atoms with Crippen LogP contribution in [0.1, 0.15) is 10.6 Å². The zero-order valence-electron chi connectivity index (χ0n) is 12.6. The monoisotopic (exact) mass is 462 g/mol.